The molecule has 0 radical (unpaired) electrons. The van der Waals surface area contributed by atoms with Crippen LogP contribution in [0.15, 0.2) is 29.2 Å². The molecule has 1 heterocycles. The predicted molar refractivity (Wildman–Crippen MR) is 67.9 cm³/mol. The number of carbonyl (C=O) groups excluding carboxylic acids is 1. The van der Waals surface area contributed by atoms with Gasteiger partial charge in [-0.2, -0.15) is 0 Å². The Morgan fingerprint density at radius 3 is 2.19 bits per heavy atom. The van der Waals surface area contributed by atoms with Crippen LogP contribution in [0.5, 0.6) is 0 Å². The van der Waals surface area contributed by atoms with Gasteiger partial charge in [0.2, 0.25) is 0 Å². The molecule has 1 fully saturated rings. The normalized spacial score (nSPS) is 24.8. The summed E-state index contributed by atoms with van der Waals surface area (Å²) in [6.45, 7) is 6.16. The van der Waals surface area contributed by atoms with Crippen molar-refractivity contribution in [2.75, 3.05) is 13.1 Å². The Morgan fingerprint density at radius 1 is 1.19 bits per heavy atom. The van der Waals surface area contributed by atoms with Crippen molar-refractivity contribution in [2.24, 2.45) is 11.8 Å². The van der Waals surface area contributed by atoms with E-state index in [9.17, 15) is 4.79 Å². The van der Waals surface area contributed by atoms with Crippen molar-refractivity contribution >= 4 is 18.5 Å². The van der Waals surface area contributed by atoms with Crippen LogP contribution >= 0.6 is 12.6 Å². The fourth-order valence-electron chi connectivity index (χ4n) is 2.08. The molecule has 86 valence electrons. The van der Waals surface area contributed by atoms with Gasteiger partial charge in [0.25, 0.3) is 5.91 Å². The predicted octanol–water partition coefficient (Wildman–Crippen LogP) is 2.70. The second kappa shape index (κ2) is 4.50. The minimum Gasteiger partial charge on any atom is -0.338 e. The molecule has 0 aliphatic carbocycles. The quantitative estimate of drug-likeness (QED) is 0.742. The lowest BCUT2D eigenvalue weighted by molar-refractivity contribution is 0.0785. The first-order chi connectivity index (χ1) is 7.58. The van der Waals surface area contributed by atoms with E-state index in [0.29, 0.717) is 11.8 Å². The minimum absolute atomic E-state index is 0.143. The van der Waals surface area contributed by atoms with Gasteiger partial charge < -0.3 is 4.90 Å². The van der Waals surface area contributed by atoms with Crippen LogP contribution in [0.4, 0.5) is 0 Å². The lowest BCUT2D eigenvalue weighted by atomic mass is 10.0. The number of hydrogen-bond acceptors (Lipinski definition) is 2. The maximum absolute atomic E-state index is 12.2. The topological polar surface area (TPSA) is 20.3 Å². The summed E-state index contributed by atoms with van der Waals surface area (Å²) in [6, 6.07) is 7.41. The van der Waals surface area contributed by atoms with Crippen molar-refractivity contribution in [3.05, 3.63) is 29.8 Å². The number of rotatable bonds is 1. The van der Waals surface area contributed by atoms with E-state index < -0.39 is 0 Å². The summed E-state index contributed by atoms with van der Waals surface area (Å²) >= 11 is 4.21. The van der Waals surface area contributed by atoms with E-state index in [1.807, 2.05) is 29.2 Å². The Kier molecular flexibility index (Phi) is 3.24. The van der Waals surface area contributed by atoms with Gasteiger partial charge in [0.15, 0.2) is 0 Å². The highest BCUT2D eigenvalue weighted by Gasteiger charge is 2.29. The minimum atomic E-state index is 0.143. The van der Waals surface area contributed by atoms with E-state index in [0.717, 1.165) is 23.5 Å². The first-order valence-corrected chi connectivity index (χ1v) is 6.11. The Hall–Kier alpha value is -0.960. The van der Waals surface area contributed by atoms with Gasteiger partial charge in [0.05, 0.1) is 0 Å². The van der Waals surface area contributed by atoms with E-state index in [-0.39, 0.29) is 5.91 Å². The summed E-state index contributed by atoms with van der Waals surface area (Å²) < 4.78 is 0. The van der Waals surface area contributed by atoms with Crippen LogP contribution in [0.3, 0.4) is 0 Å². The van der Waals surface area contributed by atoms with E-state index in [1.54, 1.807) is 0 Å². The second-order valence-corrected chi connectivity index (χ2v) is 5.23. The second-order valence-electron chi connectivity index (χ2n) is 4.71. The van der Waals surface area contributed by atoms with Crippen molar-refractivity contribution in [1.29, 1.82) is 0 Å². The standard InChI is InChI=1S/C13H17NOS/c1-9-7-14(8-10(9)2)13(15)11-3-5-12(16)6-4-11/h3-6,9-10,16H,7-8H2,1-2H3. The Bertz CT molecular complexity index is 377. The molecule has 3 heteroatoms. The van der Waals surface area contributed by atoms with Crippen molar-refractivity contribution in [3.8, 4) is 0 Å². The summed E-state index contributed by atoms with van der Waals surface area (Å²) in [5.41, 5.74) is 0.763. The van der Waals surface area contributed by atoms with Crippen LogP contribution < -0.4 is 0 Å². The van der Waals surface area contributed by atoms with Crippen LogP contribution in [0.2, 0.25) is 0 Å². The summed E-state index contributed by atoms with van der Waals surface area (Å²) in [6.07, 6.45) is 0. The van der Waals surface area contributed by atoms with Gasteiger partial charge in [-0.3, -0.25) is 4.79 Å². The zero-order valence-electron chi connectivity index (χ0n) is 9.68. The molecule has 1 amide bonds. The molecule has 2 atom stereocenters. The largest absolute Gasteiger partial charge is 0.338 e. The van der Waals surface area contributed by atoms with E-state index in [2.05, 4.69) is 26.5 Å². The highest BCUT2D eigenvalue weighted by atomic mass is 32.1. The highest BCUT2D eigenvalue weighted by molar-refractivity contribution is 7.80. The molecule has 16 heavy (non-hydrogen) atoms. The molecule has 0 saturated carbocycles. The average Bonchev–Trinajstić information content (AvgIpc) is 2.59. The monoisotopic (exact) mass is 235 g/mol. The number of hydrogen-bond donors (Lipinski definition) is 1. The van der Waals surface area contributed by atoms with Crippen LogP contribution in [0, 0.1) is 11.8 Å². The maximum atomic E-state index is 12.2. The van der Waals surface area contributed by atoms with Crippen LogP contribution in [0.25, 0.3) is 0 Å². The van der Waals surface area contributed by atoms with Crippen LogP contribution in [0.1, 0.15) is 24.2 Å². The van der Waals surface area contributed by atoms with Crippen molar-refractivity contribution < 1.29 is 4.79 Å². The third-order valence-electron chi connectivity index (χ3n) is 3.39. The lowest BCUT2D eigenvalue weighted by Gasteiger charge is -2.16. The zero-order valence-corrected chi connectivity index (χ0v) is 10.6. The molecular formula is C13H17NOS. The Labute approximate surface area is 102 Å². The van der Waals surface area contributed by atoms with Gasteiger partial charge in [0, 0.05) is 23.5 Å². The summed E-state index contributed by atoms with van der Waals surface area (Å²) in [5, 5.41) is 0. The first kappa shape index (κ1) is 11.5. The first-order valence-electron chi connectivity index (χ1n) is 5.66. The average molecular weight is 235 g/mol. The number of benzene rings is 1. The van der Waals surface area contributed by atoms with Crippen molar-refractivity contribution in [2.45, 2.75) is 18.7 Å². The Balaban J connectivity index is 2.11. The van der Waals surface area contributed by atoms with Crippen molar-refractivity contribution in [3.63, 3.8) is 0 Å². The summed E-state index contributed by atoms with van der Waals surface area (Å²) in [7, 11) is 0. The molecule has 1 aliphatic rings. The molecule has 2 rings (SSSR count). The third-order valence-corrected chi connectivity index (χ3v) is 3.69. The molecular weight excluding hydrogens is 218 g/mol. The molecule has 2 unspecified atom stereocenters. The third kappa shape index (κ3) is 2.24. The maximum Gasteiger partial charge on any atom is 0.253 e. The van der Waals surface area contributed by atoms with Gasteiger partial charge in [-0.05, 0) is 36.1 Å². The molecule has 0 spiro atoms. The summed E-state index contributed by atoms with van der Waals surface area (Å²) in [4.78, 5) is 15.0. The molecule has 0 aromatic heterocycles. The summed E-state index contributed by atoms with van der Waals surface area (Å²) in [5.74, 6) is 1.35. The molecule has 1 aromatic carbocycles. The van der Waals surface area contributed by atoms with E-state index in [4.69, 9.17) is 0 Å². The fraction of sp³-hybridized carbons (Fsp3) is 0.462. The fourth-order valence-corrected chi connectivity index (χ4v) is 2.23. The zero-order chi connectivity index (χ0) is 11.7. The van der Waals surface area contributed by atoms with Crippen molar-refractivity contribution in [1.82, 2.24) is 4.90 Å². The van der Waals surface area contributed by atoms with Gasteiger partial charge in [-0.15, -0.1) is 12.6 Å². The molecule has 0 N–H and O–H groups in total. The van der Waals surface area contributed by atoms with Gasteiger partial charge >= 0.3 is 0 Å². The molecule has 1 saturated heterocycles. The van der Waals surface area contributed by atoms with Crippen LogP contribution in [-0.2, 0) is 0 Å². The number of likely N-dealkylation sites (tertiary alicyclic amines) is 1. The van der Waals surface area contributed by atoms with E-state index >= 15 is 0 Å². The number of carbonyl (C=O) groups is 1. The molecule has 1 aromatic rings. The number of thiol groups is 1. The smallest absolute Gasteiger partial charge is 0.253 e. The highest BCUT2D eigenvalue weighted by Crippen LogP contribution is 2.23. The van der Waals surface area contributed by atoms with Gasteiger partial charge in [0.1, 0.15) is 0 Å². The molecule has 0 bridgehead atoms. The van der Waals surface area contributed by atoms with Gasteiger partial charge in [-0.1, -0.05) is 13.8 Å². The number of nitrogens with zero attached hydrogens (tertiary/aromatic N) is 1. The number of amides is 1. The lowest BCUT2D eigenvalue weighted by Crippen LogP contribution is -2.28. The van der Waals surface area contributed by atoms with Crippen LogP contribution in [-0.4, -0.2) is 23.9 Å². The van der Waals surface area contributed by atoms with E-state index in [1.165, 1.54) is 0 Å². The Morgan fingerprint density at radius 2 is 1.69 bits per heavy atom. The molecule has 1 aliphatic heterocycles. The molecule has 2 nitrogen and oxygen atoms in total. The van der Waals surface area contributed by atoms with Gasteiger partial charge in [-0.25, -0.2) is 0 Å². The SMILES string of the molecule is CC1CN(C(=O)c2ccc(S)cc2)CC1C.